The second-order valence-electron chi connectivity index (χ2n) is 5.01. The standard InChI is InChI=1S/C17H21NO2/c1-5-6-7-14(4)11-18(13(2)3)15-8-9-16-17(10-15)20-12-19-16/h5-10,13H,1,4,11-12H2,2-3H3/b7-6-. The number of anilines is 1. The van der Waals surface area contributed by atoms with Crippen molar-refractivity contribution in [3.63, 3.8) is 0 Å². The predicted molar refractivity (Wildman–Crippen MR) is 83.5 cm³/mol. The van der Waals surface area contributed by atoms with Gasteiger partial charge >= 0.3 is 0 Å². The van der Waals surface area contributed by atoms with Crippen LogP contribution in [0, 0.1) is 0 Å². The highest BCUT2D eigenvalue weighted by Gasteiger charge is 2.17. The minimum absolute atomic E-state index is 0.301. The van der Waals surface area contributed by atoms with E-state index in [-0.39, 0.29) is 0 Å². The number of ether oxygens (including phenoxy) is 2. The van der Waals surface area contributed by atoms with Gasteiger partial charge in [-0.15, -0.1) is 0 Å². The summed E-state index contributed by atoms with van der Waals surface area (Å²) in [7, 11) is 0. The Balaban J connectivity index is 2.18. The normalized spacial score (nSPS) is 12.9. The molecule has 0 radical (unpaired) electrons. The van der Waals surface area contributed by atoms with E-state index in [1.54, 1.807) is 6.08 Å². The summed E-state index contributed by atoms with van der Waals surface area (Å²) in [6.45, 7) is 13.1. The molecule has 0 spiro atoms. The summed E-state index contributed by atoms with van der Waals surface area (Å²) in [6, 6.07) is 6.39. The van der Waals surface area contributed by atoms with E-state index in [0.29, 0.717) is 12.8 Å². The van der Waals surface area contributed by atoms with Crippen molar-refractivity contribution in [2.45, 2.75) is 19.9 Å². The molecule has 0 fully saturated rings. The Morgan fingerprint density at radius 3 is 2.80 bits per heavy atom. The predicted octanol–water partition coefficient (Wildman–Crippen LogP) is 3.93. The molecule has 1 aromatic rings. The largest absolute Gasteiger partial charge is 0.454 e. The molecule has 20 heavy (non-hydrogen) atoms. The molecule has 1 aliphatic rings. The van der Waals surface area contributed by atoms with E-state index in [2.05, 4.69) is 38.0 Å². The first-order chi connectivity index (χ1) is 9.61. The smallest absolute Gasteiger partial charge is 0.231 e. The highest BCUT2D eigenvalue weighted by molar-refractivity contribution is 5.58. The SMILES string of the molecule is C=C/C=C\C(=C)CN(c1ccc2c(c1)OCO2)C(C)C. The van der Waals surface area contributed by atoms with E-state index in [9.17, 15) is 0 Å². The van der Waals surface area contributed by atoms with Crippen LogP contribution >= 0.6 is 0 Å². The van der Waals surface area contributed by atoms with Crippen LogP contribution in [-0.2, 0) is 0 Å². The molecule has 0 atom stereocenters. The van der Waals surface area contributed by atoms with E-state index in [0.717, 1.165) is 29.3 Å². The van der Waals surface area contributed by atoms with E-state index in [4.69, 9.17) is 9.47 Å². The quantitative estimate of drug-likeness (QED) is 0.732. The van der Waals surface area contributed by atoms with Gasteiger partial charge in [0.05, 0.1) is 0 Å². The summed E-state index contributed by atoms with van der Waals surface area (Å²) in [6.07, 6.45) is 5.64. The third kappa shape index (κ3) is 3.23. The Kier molecular flexibility index (Phi) is 4.51. The Morgan fingerprint density at radius 2 is 2.10 bits per heavy atom. The topological polar surface area (TPSA) is 21.7 Å². The average molecular weight is 271 g/mol. The number of benzene rings is 1. The van der Waals surface area contributed by atoms with Gasteiger partial charge in [-0.2, -0.15) is 0 Å². The van der Waals surface area contributed by atoms with E-state index >= 15 is 0 Å². The molecule has 2 rings (SSSR count). The molecule has 0 N–H and O–H groups in total. The molecule has 1 heterocycles. The Labute approximate surface area is 120 Å². The second kappa shape index (κ2) is 6.33. The lowest BCUT2D eigenvalue weighted by Gasteiger charge is -2.29. The molecule has 0 amide bonds. The minimum atomic E-state index is 0.301. The number of allylic oxidation sites excluding steroid dienone is 2. The van der Waals surface area contributed by atoms with Crippen molar-refractivity contribution in [2.75, 3.05) is 18.2 Å². The fourth-order valence-corrected chi connectivity index (χ4v) is 2.11. The van der Waals surface area contributed by atoms with E-state index in [1.807, 2.05) is 24.3 Å². The van der Waals surface area contributed by atoms with Gasteiger partial charge in [-0.1, -0.05) is 31.4 Å². The van der Waals surface area contributed by atoms with Crippen molar-refractivity contribution < 1.29 is 9.47 Å². The van der Waals surface area contributed by atoms with Crippen molar-refractivity contribution in [1.82, 2.24) is 0 Å². The first-order valence-corrected chi connectivity index (χ1v) is 6.75. The molecule has 1 aromatic carbocycles. The lowest BCUT2D eigenvalue weighted by Crippen LogP contribution is -2.32. The maximum Gasteiger partial charge on any atom is 0.231 e. The number of hydrogen-bond acceptors (Lipinski definition) is 3. The highest BCUT2D eigenvalue weighted by Crippen LogP contribution is 2.36. The molecule has 0 aromatic heterocycles. The molecule has 0 bridgehead atoms. The molecular weight excluding hydrogens is 250 g/mol. The summed E-state index contributed by atoms with van der Waals surface area (Å²) in [5.74, 6) is 1.61. The molecule has 1 aliphatic heterocycles. The number of rotatable bonds is 6. The number of nitrogens with zero attached hydrogens (tertiary/aromatic N) is 1. The van der Waals surface area contributed by atoms with Gasteiger partial charge in [0.2, 0.25) is 6.79 Å². The zero-order chi connectivity index (χ0) is 14.5. The van der Waals surface area contributed by atoms with Crippen molar-refractivity contribution in [3.8, 4) is 11.5 Å². The maximum absolute atomic E-state index is 5.44. The molecule has 0 unspecified atom stereocenters. The minimum Gasteiger partial charge on any atom is -0.454 e. The molecule has 3 nitrogen and oxygen atoms in total. The van der Waals surface area contributed by atoms with Crippen molar-refractivity contribution in [2.24, 2.45) is 0 Å². The first kappa shape index (κ1) is 14.3. The van der Waals surface area contributed by atoms with Crippen molar-refractivity contribution in [3.05, 3.63) is 55.2 Å². The van der Waals surface area contributed by atoms with Crippen molar-refractivity contribution >= 4 is 5.69 Å². The van der Waals surface area contributed by atoms with Gasteiger partial charge in [-0.3, -0.25) is 0 Å². The van der Waals surface area contributed by atoms with Crippen LogP contribution in [0.2, 0.25) is 0 Å². The number of hydrogen-bond donors (Lipinski definition) is 0. The fourth-order valence-electron chi connectivity index (χ4n) is 2.11. The van der Waals surface area contributed by atoms with Crippen LogP contribution in [0.25, 0.3) is 0 Å². The molecule has 106 valence electrons. The van der Waals surface area contributed by atoms with E-state index < -0.39 is 0 Å². The van der Waals surface area contributed by atoms with Gasteiger partial charge in [0.25, 0.3) is 0 Å². The Morgan fingerprint density at radius 1 is 1.35 bits per heavy atom. The van der Waals surface area contributed by atoms with Crippen LogP contribution in [0.15, 0.2) is 55.2 Å². The summed E-state index contributed by atoms with van der Waals surface area (Å²) in [4.78, 5) is 2.28. The van der Waals surface area contributed by atoms with Gasteiger partial charge in [0.15, 0.2) is 11.5 Å². The lowest BCUT2D eigenvalue weighted by molar-refractivity contribution is 0.174. The third-order valence-electron chi connectivity index (χ3n) is 3.15. The Hall–Kier alpha value is -2.16. The molecule has 3 heteroatoms. The number of fused-ring (bicyclic) bond motifs is 1. The van der Waals surface area contributed by atoms with Gasteiger partial charge in [-0.05, 0) is 31.6 Å². The summed E-state index contributed by atoms with van der Waals surface area (Å²) in [5, 5.41) is 0. The molecule has 0 saturated heterocycles. The maximum atomic E-state index is 5.44. The highest BCUT2D eigenvalue weighted by atomic mass is 16.7. The van der Waals surface area contributed by atoms with Crippen LogP contribution in [-0.4, -0.2) is 19.4 Å². The van der Waals surface area contributed by atoms with Gasteiger partial charge in [-0.25, -0.2) is 0 Å². The van der Waals surface area contributed by atoms with Crippen LogP contribution in [0.1, 0.15) is 13.8 Å². The zero-order valence-corrected chi connectivity index (χ0v) is 12.1. The fraction of sp³-hybridized carbons (Fsp3) is 0.294. The second-order valence-corrected chi connectivity index (χ2v) is 5.01. The monoisotopic (exact) mass is 271 g/mol. The van der Waals surface area contributed by atoms with Crippen molar-refractivity contribution in [1.29, 1.82) is 0 Å². The molecular formula is C17H21NO2. The first-order valence-electron chi connectivity index (χ1n) is 6.75. The molecule has 0 saturated carbocycles. The summed E-state index contributed by atoms with van der Waals surface area (Å²) in [5.41, 5.74) is 2.15. The molecule has 0 aliphatic carbocycles. The van der Waals surface area contributed by atoms with Gasteiger partial charge in [0, 0.05) is 24.3 Å². The lowest BCUT2D eigenvalue weighted by atomic mass is 10.1. The van der Waals surface area contributed by atoms with Crippen LogP contribution in [0.3, 0.4) is 0 Å². The van der Waals surface area contributed by atoms with Crippen LogP contribution in [0.5, 0.6) is 11.5 Å². The summed E-state index contributed by atoms with van der Waals surface area (Å²) < 4.78 is 10.8. The van der Waals surface area contributed by atoms with Gasteiger partial charge in [0.1, 0.15) is 0 Å². The third-order valence-corrected chi connectivity index (χ3v) is 3.15. The average Bonchev–Trinajstić information content (AvgIpc) is 2.89. The van der Waals surface area contributed by atoms with Crippen LogP contribution < -0.4 is 14.4 Å². The van der Waals surface area contributed by atoms with Gasteiger partial charge < -0.3 is 14.4 Å². The van der Waals surface area contributed by atoms with Crippen LogP contribution in [0.4, 0.5) is 5.69 Å². The van der Waals surface area contributed by atoms with E-state index in [1.165, 1.54) is 0 Å². The Bertz CT molecular complexity index is 532. The zero-order valence-electron chi connectivity index (χ0n) is 12.1. The summed E-state index contributed by atoms with van der Waals surface area (Å²) >= 11 is 0.